The summed E-state index contributed by atoms with van der Waals surface area (Å²) in [6.07, 6.45) is 0. The first-order valence-corrected chi connectivity index (χ1v) is 8.50. The molecule has 0 bridgehead atoms. The highest BCUT2D eigenvalue weighted by Gasteiger charge is 2.35. The molecule has 114 valence electrons. The van der Waals surface area contributed by atoms with Gasteiger partial charge in [-0.2, -0.15) is 11.8 Å². The van der Waals surface area contributed by atoms with Crippen molar-refractivity contribution < 1.29 is 18.7 Å². The first-order chi connectivity index (χ1) is 10.1. The van der Waals surface area contributed by atoms with Crippen molar-refractivity contribution in [2.75, 3.05) is 24.7 Å². The minimum Gasteiger partial charge on any atom is -0.464 e. The van der Waals surface area contributed by atoms with E-state index in [0.29, 0.717) is 12.3 Å². The van der Waals surface area contributed by atoms with E-state index in [9.17, 15) is 14.0 Å². The average Bonchev–Trinajstić information content (AvgIpc) is 2.49. The zero-order valence-corrected chi connectivity index (χ0v) is 13.9. The summed E-state index contributed by atoms with van der Waals surface area (Å²) in [7, 11) is 0. The van der Waals surface area contributed by atoms with Gasteiger partial charge < -0.3 is 9.64 Å². The molecule has 1 fully saturated rings. The molecule has 1 aliphatic rings. The summed E-state index contributed by atoms with van der Waals surface area (Å²) in [5.41, 5.74) is -0.0365. The molecule has 1 aromatic carbocycles. The summed E-state index contributed by atoms with van der Waals surface area (Å²) in [6, 6.07) is 3.89. The zero-order valence-electron chi connectivity index (χ0n) is 11.5. The van der Waals surface area contributed by atoms with Gasteiger partial charge in [0.15, 0.2) is 0 Å². The minimum absolute atomic E-state index is 0.0365. The molecule has 0 radical (unpaired) electrons. The number of hydrogen-bond acceptors (Lipinski definition) is 4. The molecule has 2 rings (SSSR count). The molecular weight excluding hydrogens is 361 g/mol. The van der Waals surface area contributed by atoms with E-state index in [1.807, 2.05) is 0 Å². The molecule has 1 atom stereocenters. The summed E-state index contributed by atoms with van der Waals surface area (Å²) in [6.45, 7) is 2.38. The van der Waals surface area contributed by atoms with E-state index in [1.165, 1.54) is 17.0 Å². The van der Waals surface area contributed by atoms with E-state index in [4.69, 9.17) is 4.74 Å². The Bertz CT molecular complexity index is 555. The van der Waals surface area contributed by atoms with E-state index in [2.05, 4.69) is 15.9 Å². The first kappa shape index (κ1) is 16.3. The van der Waals surface area contributed by atoms with Crippen LogP contribution in [-0.2, 0) is 9.53 Å². The maximum Gasteiger partial charge on any atom is 0.329 e. The van der Waals surface area contributed by atoms with Gasteiger partial charge in [-0.05, 0) is 35.0 Å². The fourth-order valence-electron chi connectivity index (χ4n) is 2.10. The second kappa shape index (κ2) is 7.26. The van der Waals surface area contributed by atoms with Crippen LogP contribution in [0.1, 0.15) is 17.3 Å². The molecule has 1 aromatic rings. The highest BCUT2D eigenvalue weighted by molar-refractivity contribution is 9.10. The number of hydrogen-bond donors (Lipinski definition) is 0. The van der Waals surface area contributed by atoms with Gasteiger partial charge in [0.25, 0.3) is 5.91 Å². The highest BCUT2D eigenvalue weighted by atomic mass is 79.9. The molecule has 0 spiro atoms. The van der Waals surface area contributed by atoms with Crippen LogP contribution in [-0.4, -0.2) is 47.5 Å². The molecular formula is C14H15BrFNO3S. The van der Waals surface area contributed by atoms with E-state index >= 15 is 0 Å². The molecule has 0 aromatic heterocycles. The Kier molecular flexibility index (Phi) is 5.64. The number of esters is 1. The summed E-state index contributed by atoms with van der Waals surface area (Å²) in [5.74, 6) is -0.332. The number of amides is 1. The topological polar surface area (TPSA) is 46.6 Å². The van der Waals surface area contributed by atoms with Crippen molar-refractivity contribution in [2.24, 2.45) is 0 Å². The minimum atomic E-state index is -0.658. The van der Waals surface area contributed by atoms with Gasteiger partial charge in [-0.15, -0.1) is 0 Å². The number of nitrogens with zero attached hydrogens (tertiary/aromatic N) is 1. The van der Waals surface area contributed by atoms with Crippen molar-refractivity contribution in [3.05, 3.63) is 34.1 Å². The lowest BCUT2D eigenvalue weighted by molar-refractivity contribution is -0.147. The third-order valence-corrected chi connectivity index (χ3v) is 4.77. The Balaban J connectivity index is 2.26. The molecule has 0 saturated carbocycles. The van der Waals surface area contributed by atoms with Crippen molar-refractivity contribution in [1.29, 1.82) is 0 Å². The van der Waals surface area contributed by atoms with E-state index in [0.717, 1.165) is 5.75 Å². The van der Waals surface area contributed by atoms with Gasteiger partial charge in [0.05, 0.1) is 16.6 Å². The SMILES string of the molecule is CCOC(=O)C1CSCCN1C(=O)c1cccc(Br)c1F. The lowest BCUT2D eigenvalue weighted by atomic mass is 10.1. The molecule has 1 amide bonds. The van der Waals surface area contributed by atoms with E-state index < -0.39 is 23.7 Å². The molecule has 1 aliphatic heterocycles. The van der Waals surface area contributed by atoms with Crippen LogP contribution in [0.4, 0.5) is 4.39 Å². The maximum absolute atomic E-state index is 14.1. The number of benzene rings is 1. The Hall–Kier alpha value is -1.08. The number of carbonyl (C=O) groups excluding carboxylic acids is 2. The van der Waals surface area contributed by atoms with Crippen LogP contribution in [0.25, 0.3) is 0 Å². The maximum atomic E-state index is 14.1. The van der Waals surface area contributed by atoms with E-state index in [1.54, 1.807) is 24.8 Å². The second-order valence-corrected chi connectivity index (χ2v) is 6.45. The zero-order chi connectivity index (χ0) is 15.4. The van der Waals surface area contributed by atoms with Crippen molar-refractivity contribution in [3.63, 3.8) is 0 Å². The fraction of sp³-hybridized carbons (Fsp3) is 0.429. The molecule has 21 heavy (non-hydrogen) atoms. The third kappa shape index (κ3) is 3.58. The van der Waals surface area contributed by atoms with Crippen LogP contribution in [0.3, 0.4) is 0 Å². The molecule has 7 heteroatoms. The van der Waals surface area contributed by atoms with Gasteiger partial charge in [-0.3, -0.25) is 4.79 Å². The van der Waals surface area contributed by atoms with Crippen molar-refractivity contribution in [3.8, 4) is 0 Å². The summed E-state index contributed by atoms with van der Waals surface area (Å²) in [5, 5.41) is 0. The van der Waals surface area contributed by atoms with Gasteiger partial charge in [-0.25, -0.2) is 9.18 Å². The Morgan fingerprint density at radius 3 is 3.00 bits per heavy atom. The van der Waals surface area contributed by atoms with Crippen LogP contribution in [0.5, 0.6) is 0 Å². The molecule has 0 aliphatic carbocycles. The Morgan fingerprint density at radius 2 is 2.29 bits per heavy atom. The predicted molar refractivity (Wildman–Crippen MR) is 82.9 cm³/mol. The first-order valence-electron chi connectivity index (χ1n) is 6.55. The van der Waals surface area contributed by atoms with Gasteiger partial charge in [-0.1, -0.05) is 6.07 Å². The summed E-state index contributed by atoms with van der Waals surface area (Å²) in [4.78, 5) is 25.9. The highest BCUT2D eigenvalue weighted by Crippen LogP contribution is 2.24. The van der Waals surface area contributed by atoms with Crippen molar-refractivity contribution in [1.82, 2.24) is 4.90 Å². The van der Waals surface area contributed by atoms with Gasteiger partial charge in [0.2, 0.25) is 0 Å². The Labute approximate surface area is 135 Å². The van der Waals surface area contributed by atoms with Gasteiger partial charge >= 0.3 is 5.97 Å². The third-order valence-electron chi connectivity index (χ3n) is 3.13. The monoisotopic (exact) mass is 375 g/mol. The van der Waals surface area contributed by atoms with Crippen LogP contribution in [0, 0.1) is 5.82 Å². The second-order valence-electron chi connectivity index (χ2n) is 4.44. The average molecular weight is 376 g/mol. The van der Waals surface area contributed by atoms with Crippen molar-refractivity contribution >= 4 is 39.6 Å². The number of carbonyl (C=O) groups is 2. The number of halogens is 2. The van der Waals surface area contributed by atoms with Crippen LogP contribution < -0.4 is 0 Å². The van der Waals surface area contributed by atoms with Crippen molar-refractivity contribution in [2.45, 2.75) is 13.0 Å². The quantitative estimate of drug-likeness (QED) is 0.762. The molecule has 1 heterocycles. The van der Waals surface area contributed by atoms with Crippen LogP contribution in [0.2, 0.25) is 0 Å². The molecule has 1 unspecified atom stereocenters. The largest absolute Gasteiger partial charge is 0.464 e. The molecule has 4 nitrogen and oxygen atoms in total. The predicted octanol–water partition coefficient (Wildman–Crippen LogP) is 2.71. The number of thioether (sulfide) groups is 1. The smallest absolute Gasteiger partial charge is 0.329 e. The fourth-order valence-corrected chi connectivity index (χ4v) is 3.50. The van der Waals surface area contributed by atoms with E-state index in [-0.39, 0.29) is 16.6 Å². The lowest BCUT2D eigenvalue weighted by Crippen LogP contribution is -2.51. The normalized spacial score (nSPS) is 18.4. The standard InChI is InChI=1S/C14H15BrFNO3S/c1-2-20-14(19)11-8-21-7-6-17(11)13(18)9-4-3-5-10(15)12(9)16/h3-5,11H,2,6-8H2,1H3. The Morgan fingerprint density at radius 1 is 1.52 bits per heavy atom. The summed E-state index contributed by atoms with van der Waals surface area (Å²) < 4.78 is 19.3. The lowest BCUT2D eigenvalue weighted by Gasteiger charge is -2.33. The van der Waals surface area contributed by atoms with Gasteiger partial charge in [0.1, 0.15) is 11.9 Å². The molecule has 1 saturated heterocycles. The van der Waals surface area contributed by atoms with Crippen LogP contribution in [0.15, 0.2) is 22.7 Å². The summed E-state index contributed by atoms with van der Waals surface area (Å²) >= 11 is 4.65. The van der Waals surface area contributed by atoms with Gasteiger partial charge in [0, 0.05) is 18.1 Å². The molecule has 0 N–H and O–H groups in total. The van der Waals surface area contributed by atoms with Crippen LogP contribution >= 0.6 is 27.7 Å². The number of rotatable bonds is 3. The number of ether oxygens (including phenoxy) is 1.